The molecule has 0 fully saturated rings. The number of benzene rings is 2. The largest absolute Gasteiger partial charge is 0.320 e. The van der Waals surface area contributed by atoms with Crippen molar-refractivity contribution in [3.8, 4) is 0 Å². The van der Waals surface area contributed by atoms with Gasteiger partial charge in [0.25, 0.3) is 17.5 Å². The van der Waals surface area contributed by atoms with E-state index >= 15 is 0 Å². The van der Waals surface area contributed by atoms with Crippen LogP contribution in [0.5, 0.6) is 0 Å². The van der Waals surface area contributed by atoms with Crippen LogP contribution in [-0.4, -0.2) is 28.2 Å². The SMILES string of the molecule is O=C1Nc2ccc(F)cc2/C1=N/N=C1\C(=O)Nc2ccc([N+](=O)[O-])cc21. The van der Waals surface area contributed by atoms with E-state index in [1.54, 1.807) is 0 Å². The summed E-state index contributed by atoms with van der Waals surface area (Å²) in [7, 11) is 0. The lowest BCUT2D eigenvalue weighted by molar-refractivity contribution is -0.384. The van der Waals surface area contributed by atoms with Crippen LogP contribution < -0.4 is 10.6 Å². The third-order valence-corrected chi connectivity index (χ3v) is 3.88. The van der Waals surface area contributed by atoms with Crippen LogP contribution in [0.25, 0.3) is 0 Å². The Morgan fingerprint density at radius 1 is 0.885 bits per heavy atom. The monoisotopic (exact) mass is 353 g/mol. The molecule has 26 heavy (non-hydrogen) atoms. The van der Waals surface area contributed by atoms with Crippen LogP contribution in [0.2, 0.25) is 0 Å². The number of nitro benzene ring substituents is 1. The van der Waals surface area contributed by atoms with Gasteiger partial charge < -0.3 is 10.6 Å². The van der Waals surface area contributed by atoms with Crippen molar-refractivity contribution in [3.63, 3.8) is 0 Å². The number of non-ortho nitro benzene ring substituents is 1. The Bertz CT molecular complexity index is 1080. The Balaban J connectivity index is 1.79. The minimum absolute atomic E-state index is 0.154. The fourth-order valence-electron chi connectivity index (χ4n) is 2.68. The van der Waals surface area contributed by atoms with E-state index < -0.39 is 22.6 Å². The van der Waals surface area contributed by atoms with Crippen molar-refractivity contribution in [1.82, 2.24) is 0 Å². The van der Waals surface area contributed by atoms with Gasteiger partial charge in [-0.3, -0.25) is 19.7 Å². The summed E-state index contributed by atoms with van der Waals surface area (Å²) in [5, 5.41) is 23.5. The number of hydrogen-bond acceptors (Lipinski definition) is 6. The standard InChI is InChI=1S/C16H8FN5O4/c17-7-1-3-11-9(5-7)13(15(23)18-11)20-21-14-10-6-8(22(25)26)2-4-12(10)19-16(14)24/h1-6H,(H,18,20,23)(H,19,21,24). The van der Waals surface area contributed by atoms with Crippen LogP contribution in [0.3, 0.4) is 0 Å². The summed E-state index contributed by atoms with van der Waals surface area (Å²) in [4.78, 5) is 34.4. The summed E-state index contributed by atoms with van der Waals surface area (Å²) >= 11 is 0. The van der Waals surface area contributed by atoms with Gasteiger partial charge in [-0.15, -0.1) is 10.2 Å². The van der Waals surface area contributed by atoms with Crippen LogP contribution in [0.1, 0.15) is 11.1 Å². The second kappa shape index (κ2) is 5.55. The summed E-state index contributed by atoms with van der Waals surface area (Å²) in [6.45, 7) is 0. The molecule has 2 heterocycles. The molecule has 0 saturated heterocycles. The van der Waals surface area contributed by atoms with E-state index in [9.17, 15) is 24.1 Å². The van der Waals surface area contributed by atoms with Crippen LogP contribution in [0.4, 0.5) is 21.5 Å². The molecule has 0 radical (unpaired) electrons. The van der Waals surface area contributed by atoms with E-state index in [1.165, 1.54) is 30.3 Å². The molecule has 0 spiro atoms. The summed E-state index contributed by atoms with van der Waals surface area (Å²) in [6.07, 6.45) is 0. The second-order valence-electron chi connectivity index (χ2n) is 5.48. The average Bonchev–Trinajstić information content (AvgIpc) is 3.07. The van der Waals surface area contributed by atoms with Gasteiger partial charge in [-0.1, -0.05) is 0 Å². The first-order valence-electron chi connectivity index (χ1n) is 7.31. The number of fused-ring (bicyclic) bond motifs is 2. The molecule has 2 amide bonds. The summed E-state index contributed by atoms with van der Waals surface area (Å²) in [5.74, 6) is -1.75. The highest BCUT2D eigenvalue weighted by Gasteiger charge is 2.30. The van der Waals surface area contributed by atoms with Crippen LogP contribution in [-0.2, 0) is 9.59 Å². The maximum atomic E-state index is 13.4. The average molecular weight is 353 g/mol. The number of amides is 2. The molecular formula is C16H8FN5O4. The van der Waals surface area contributed by atoms with E-state index in [2.05, 4.69) is 20.8 Å². The van der Waals surface area contributed by atoms with Gasteiger partial charge in [0.05, 0.1) is 16.3 Å². The third-order valence-electron chi connectivity index (χ3n) is 3.88. The lowest BCUT2D eigenvalue weighted by Gasteiger charge is -1.97. The number of nitrogens with one attached hydrogen (secondary N) is 2. The van der Waals surface area contributed by atoms with Gasteiger partial charge in [-0.05, 0) is 24.3 Å². The predicted octanol–water partition coefficient (Wildman–Crippen LogP) is 1.83. The van der Waals surface area contributed by atoms with E-state index in [1.807, 2.05) is 0 Å². The summed E-state index contributed by atoms with van der Waals surface area (Å²) in [6, 6.07) is 7.52. The van der Waals surface area contributed by atoms with Crippen LogP contribution >= 0.6 is 0 Å². The van der Waals surface area contributed by atoms with Crippen LogP contribution in [0, 0.1) is 15.9 Å². The number of carbonyl (C=O) groups is 2. The Morgan fingerprint density at radius 2 is 1.42 bits per heavy atom. The molecule has 0 bridgehead atoms. The molecule has 0 unspecified atom stereocenters. The number of carbonyl (C=O) groups excluding carboxylic acids is 2. The molecule has 0 atom stereocenters. The van der Waals surface area contributed by atoms with Gasteiger partial charge in [0.15, 0.2) is 11.4 Å². The number of nitro groups is 1. The van der Waals surface area contributed by atoms with Gasteiger partial charge >= 0.3 is 0 Å². The zero-order chi connectivity index (χ0) is 18.4. The maximum absolute atomic E-state index is 13.4. The van der Waals surface area contributed by atoms with E-state index in [4.69, 9.17) is 0 Å². The highest BCUT2D eigenvalue weighted by Crippen LogP contribution is 2.28. The van der Waals surface area contributed by atoms with Gasteiger partial charge in [0.1, 0.15) is 5.82 Å². The molecule has 10 heteroatoms. The van der Waals surface area contributed by atoms with Crippen molar-refractivity contribution in [2.24, 2.45) is 10.2 Å². The van der Waals surface area contributed by atoms with Crippen molar-refractivity contribution in [1.29, 1.82) is 0 Å². The fraction of sp³-hybridized carbons (Fsp3) is 0. The highest BCUT2D eigenvalue weighted by molar-refractivity contribution is 6.55. The molecule has 2 aromatic rings. The summed E-state index contributed by atoms with van der Waals surface area (Å²) in [5.41, 5.74) is 0.603. The van der Waals surface area contributed by atoms with Crippen molar-refractivity contribution in [2.75, 3.05) is 10.6 Å². The number of nitrogens with zero attached hydrogens (tertiary/aromatic N) is 3. The topological polar surface area (TPSA) is 126 Å². The zero-order valence-corrected chi connectivity index (χ0v) is 12.8. The number of rotatable bonds is 2. The zero-order valence-electron chi connectivity index (χ0n) is 12.8. The van der Waals surface area contributed by atoms with Crippen LogP contribution in [0.15, 0.2) is 46.6 Å². The van der Waals surface area contributed by atoms with E-state index in [0.29, 0.717) is 11.4 Å². The lowest BCUT2D eigenvalue weighted by atomic mass is 10.1. The van der Waals surface area contributed by atoms with Gasteiger partial charge in [-0.2, -0.15) is 0 Å². The van der Waals surface area contributed by atoms with E-state index in [-0.39, 0.29) is 28.2 Å². The number of hydrogen-bond donors (Lipinski definition) is 2. The molecule has 2 aliphatic heterocycles. The van der Waals surface area contributed by atoms with Crippen molar-refractivity contribution < 1.29 is 18.9 Å². The molecule has 128 valence electrons. The number of halogens is 1. The minimum Gasteiger partial charge on any atom is -0.320 e. The predicted molar refractivity (Wildman–Crippen MR) is 89.8 cm³/mol. The van der Waals surface area contributed by atoms with Gasteiger partial charge in [0, 0.05) is 23.3 Å². The molecular weight excluding hydrogens is 345 g/mol. The van der Waals surface area contributed by atoms with E-state index in [0.717, 1.165) is 6.07 Å². The maximum Gasteiger partial charge on any atom is 0.276 e. The van der Waals surface area contributed by atoms with Crippen molar-refractivity contribution in [3.05, 3.63) is 63.5 Å². The van der Waals surface area contributed by atoms with Crippen molar-refractivity contribution in [2.45, 2.75) is 0 Å². The second-order valence-corrected chi connectivity index (χ2v) is 5.48. The first-order chi connectivity index (χ1) is 12.4. The minimum atomic E-state index is -0.609. The molecule has 2 aliphatic rings. The van der Waals surface area contributed by atoms with Gasteiger partial charge in [0.2, 0.25) is 0 Å². The smallest absolute Gasteiger partial charge is 0.276 e. The number of anilines is 2. The highest BCUT2D eigenvalue weighted by atomic mass is 19.1. The Labute approximate surface area is 144 Å². The Hall–Kier alpha value is -3.95. The third kappa shape index (κ3) is 2.40. The van der Waals surface area contributed by atoms with Gasteiger partial charge in [-0.25, -0.2) is 4.39 Å². The fourth-order valence-corrected chi connectivity index (χ4v) is 2.68. The molecule has 9 nitrogen and oxygen atoms in total. The Morgan fingerprint density at radius 3 is 2.00 bits per heavy atom. The molecule has 2 N–H and O–H groups in total. The lowest BCUT2D eigenvalue weighted by Crippen LogP contribution is -2.16. The van der Waals surface area contributed by atoms with Crippen molar-refractivity contribution >= 4 is 40.3 Å². The molecule has 0 aliphatic carbocycles. The first-order valence-corrected chi connectivity index (χ1v) is 7.31. The molecule has 2 aromatic carbocycles. The first kappa shape index (κ1) is 15.6. The normalized spacial score (nSPS) is 17.9. The molecule has 0 saturated carbocycles. The Kier molecular flexibility index (Phi) is 3.32. The quantitative estimate of drug-likeness (QED) is 0.631. The summed E-state index contributed by atoms with van der Waals surface area (Å²) < 4.78 is 13.4. The molecule has 4 rings (SSSR count). The molecule has 0 aromatic heterocycles.